The van der Waals surface area contributed by atoms with Crippen molar-refractivity contribution < 1.29 is 9.59 Å². The van der Waals surface area contributed by atoms with Crippen LogP contribution in [-0.4, -0.2) is 35.3 Å². The highest BCUT2D eigenvalue weighted by atomic mass is 16.2. The number of nitrogens with one attached hydrogen (secondary N) is 1. The van der Waals surface area contributed by atoms with Gasteiger partial charge in [-0.15, -0.1) is 0 Å². The first-order valence-electron chi connectivity index (χ1n) is 4.60. The van der Waals surface area contributed by atoms with E-state index in [0.717, 1.165) is 0 Å². The van der Waals surface area contributed by atoms with Gasteiger partial charge in [0, 0.05) is 18.5 Å². The molecule has 0 aromatic carbocycles. The number of amides is 2. The summed E-state index contributed by atoms with van der Waals surface area (Å²) in [5.74, 6) is -0.0302. The topological polar surface area (TPSA) is 49.4 Å². The molecular formula is C9H16N2O2. The average Bonchev–Trinajstić information content (AvgIpc) is 2.10. The van der Waals surface area contributed by atoms with Crippen LogP contribution in [0.1, 0.15) is 27.2 Å². The predicted octanol–water partition coefficient (Wildman–Crippen LogP) is 0.132. The molecule has 1 aliphatic heterocycles. The lowest BCUT2D eigenvalue weighted by Gasteiger charge is -2.30. The minimum Gasteiger partial charge on any atom is -0.347 e. The van der Waals surface area contributed by atoms with Gasteiger partial charge in [0.05, 0.1) is 6.54 Å². The Kier molecular flexibility index (Phi) is 2.90. The summed E-state index contributed by atoms with van der Waals surface area (Å²) in [4.78, 5) is 24.4. The maximum atomic E-state index is 11.5. The van der Waals surface area contributed by atoms with Crippen molar-refractivity contribution in [3.63, 3.8) is 0 Å². The van der Waals surface area contributed by atoms with E-state index in [0.29, 0.717) is 6.42 Å². The third-order valence-electron chi connectivity index (χ3n) is 2.24. The smallest absolute Gasteiger partial charge is 0.242 e. The molecule has 0 spiro atoms. The van der Waals surface area contributed by atoms with E-state index in [-0.39, 0.29) is 30.4 Å². The first kappa shape index (κ1) is 10.0. The van der Waals surface area contributed by atoms with Gasteiger partial charge in [0.15, 0.2) is 0 Å². The molecule has 0 aromatic rings. The van der Waals surface area contributed by atoms with Crippen molar-refractivity contribution in [2.75, 3.05) is 6.54 Å². The highest BCUT2D eigenvalue weighted by molar-refractivity contribution is 5.87. The molecular weight excluding hydrogens is 168 g/mol. The fourth-order valence-electron chi connectivity index (χ4n) is 1.75. The number of rotatable bonds is 1. The quantitative estimate of drug-likeness (QED) is 0.630. The van der Waals surface area contributed by atoms with Crippen LogP contribution in [0.5, 0.6) is 0 Å². The van der Waals surface area contributed by atoms with Gasteiger partial charge in [-0.05, 0) is 20.8 Å². The Bertz CT molecular complexity index is 226. The molecule has 1 aliphatic rings. The zero-order chi connectivity index (χ0) is 10.0. The van der Waals surface area contributed by atoms with Gasteiger partial charge in [0.2, 0.25) is 11.8 Å². The lowest BCUT2D eigenvalue weighted by atomic mass is 10.1. The predicted molar refractivity (Wildman–Crippen MR) is 49.1 cm³/mol. The van der Waals surface area contributed by atoms with Crippen molar-refractivity contribution >= 4 is 11.8 Å². The van der Waals surface area contributed by atoms with Crippen LogP contribution >= 0.6 is 0 Å². The van der Waals surface area contributed by atoms with Gasteiger partial charge in [0.25, 0.3) is 0 Å². The fraction of sp³-hybridized carbons (Fsp3) is 0.778. The molecule has 13 heavy (non-hydrogen) atoms. The van der Waals surface area contributed by atoms with Crippen molar-refractivity contribution in [2.45, 2.75) is 39.3 Å². The van der Waals surface area contributed by atoms with E-state index in [1.807, 2.05) is 20.8 Å². The molecule has 1 N–H and O–H groups in total. The van der Waals surface area contributed by atoms with E-state index >= 15 is 0 Å². The monoisotopic (exact) mass is 184 g/mol. The molecule has 0 bridgehead atoms. The van der Waals surface area contributed by atoms with Crippen LogP contribution in [-0.2, 0) is 9.59 Å². The van der Waals surface area contributed by atoms with Crippen molar-refractivity contribution in [1.82, 2.24) is 10.2 Å². The summed E-state index contributed by atoms with van der Waals surface area (Å²) >= 11 is 0. The Labute approximate surface area is 78.3 Å². The van der Waals surface area contributed by atoms with Gasteiger partial charge in [-0.3, -0.25) is 9.59 Å². The molecule has 1 rings (SSSR count). The average molecular weight is 184 g/mol. The van der Waals surface area contributed by atoms with Crippen LogP contribution < -0.4 is 5.32 Å². The Hall–Kier alpha value is -1.06. The van der Waals surface area contributed by atoms with E-state index < -0.39 is 0 Å². The molecule has 0 aliphatic carbocycles. The zero-order valence-electron chi connectivity index (χ0n) is 8.33. The number of nitrogens with zero attached hydrogens (tertiary/aromatic N) is 1. The van der Waals surface area contributed by atoms with E-state index in [2.05, 4.69) is 5.32 Å². The van der Waals surface area contributed by atoms with E-state index in [9.17, 15) is 9.59 Å². The van der Waals surface area contributed by atoms with E-state index in [1.54, 1.807) is 4.90 Å². The molecule has 2 amide bonds. The van der Waals surface area contributed by atoms with Crippen LogP contribution in [0, 0.1) is 0 Å². The third-order valence-corrected chi connectivity index (χ3v) is 2.24. The molecule has 74 valence electrons. The van der Waals surface area contributed by atoms with E-state index in [4.69, 9.17) is 0 Å². The molecule has 0 aromatic heterocycles. The maximum absolute atomic E-state index is 11.5. The standard InChI is InChI=1S/C9H16N2O2/c1-6(2)11-7(3)4-8(12)10-5-9(11)13/h6-7H,4-5H2,1-3H3,(H,10,12). The molecule has 1 atom stereocenters. The third kappa shape index (κ3) is 2.20. The van der Waals surface area contributed by atoms with Gasteiger partial charge in [-0.1, -0.05) is 0 Å². The first-order valence-corrected chi connectivity index (χ1v) is 4.60. The van der Waals surface area contributed by atoms with Crippen molar-refractivity contribution in [1.29, 1.82) is 0 Å². The second-order valence-electron chi connectivity index (χ2n) is 3.72. The van der Waals surface area contributed by atoms with Crippen LogP contribution in [0.2, 0.25) is 0 Å². The molecule has 1 unspecified atom stereocenters. The Morgan fingerprint density at radius 1 is 1.46 bits per heavy atom. The zero-order valence-corrected chi connectivity index (χ0v) is 8.33. The number of carbonyl (C=O) groups excluding carboxylic acids is 2. The minimum atomic E-state index is -0.0380. The summed E-state index contributed by atoms with van der Waals surface area (Å²) in [6.07, 6.45) is 0.407. The maximum Gasteiger partial charge on any atom is 0.242 e. The lowest BCUT2D eigenvalue weighted by Crippen LogP contribution is -2.44. The molecule has 0 saturated carbocycles. The summed E-state index contributed by atoms with van der Waals surface area (Å²) in [7, 11) is 0. The van der Waals surface area contributed by atoms with Gasteiger partial charge in [-0.25, -0.2) is 0 Å². The first-order chi connectivity index (χ1) is 6.02. The summed E-state index contributed by atoms with van der Waals surface area (Å²) in [6, 6.07) is 0.171. The van der Waals surface area contributed by atoms with Crippen molar-refractivity contribution in [3.05, 3.63) is 0 Å². The van der Waals surface area contributed by atoms with Gasteiger partial charge >= 0.3 is 0 Å². The summed E-state index contributed by atoms with van der Waals surface area (Å²) < 4.78 is 0. The van der Waals surface area contributed by atoms with Crippen LogP contribution in [0.15, 0.2) is 0 Å². The normalized spacial score (nSPS) is 24.6. The molecule has 4 heteroatoms. The SMILES string of the molecule is CC(C)N1C(=O)CNC(=O)CC1C. The van der Waals surface area contributed by atoms with Crippen molar-refractivity contribution in [2.24, 2.45) is 0 Å². The molecule has 0 radical (unpaired) electrons. The van der Waals surface area contributed by atoms with Crippen LogP contribution in [0.25, 0.3) is 0 Å². The largest absolute Gasteiger partial charge is 0.347 e. The van der Waals surface area contributed by atoms with Gasteiger partial charge in [0.1, 0.15) is 0 Å². The summed E-state index contributed by atoms with van der Waals surface area (Å²) in [5.41, 5.74) is 0. The van der Waals surface area contributed by atoms with Gasteiger partial charge < -0.3 is 10.2 Å². The van der Waals surface area contributed by atoms with Crippen LogP contribution in [0.3, 0.4) is 0 Å². The number of hydrogen-bond acceptors (Lipinski definition) is 2. The molecule has 1 heterocycles. The second-order valence-corrected chi connectivity index (χ2v) is 3.72. The van der Waals surface area contributed by atoms with E-state index in [1.165, 1.54) is 0 Å². The second kappa shape index (κ2) is 3.77. The van der Waals surface area contributed by atoms with Gasteiger partial charge in [-0.2, -0.15) is 0 Å². The fourth-order valence-corrected chi connectivity index (χ4v) is 1.75. The Morgan fingerprint density at radius 3 is 2.62 bits per heavy atom. The summed E-state index contributed by atoms with van der Waals surface area (Å²) in [6.45, 7) is 5.97. The molecule has 4 nitrogen and oxygen atoms in total. The number of carbonyl (C=O) groups is 2. The highest BCUT2D eigenvalue weighted by Gasteiger charge is 2.27. The number of hydrogen-bond donors (Lipinski definition) is 1. The van der Waals surface area contributed by atoms with Crippen LogP contribution in [0.4, 0.5) is 0 Å². The van der Waals surface area contributed by atoms with Crippen molar-refractivity contribution in [3.8, 4) is 0 Å². The lowest BCUT2D eigenvalue weighted by molar-refractivity contribution is -0.133. The molecule has 1 saturated heterocycles. The Morgan fingerprint density at radius 2 is 2.08 bits per heavy atom. The highest BCUT2D eigenvalue weighted by Crippen LogP contribution is 2.11. The minimum absolute atomic E-state index is 0.00773. The molecule has 1 fully saturated rings. The summed E-state index contributed by atoms with van der Waals surface area (Å²) in [5, 5.41) is 2.58. The Balaban J connectivity index is 2.78.